The summed E-state index contributed by atoms with van der Waals surface area (Å²) in [6.45, 7) is 3.24. The molecular formula is C21H24N6O4S2. The van der Waals surface area contributed by atoms with Gasteiger partial charge in [-0.25, -0.2) is 27.0 Å². The van der Waals surface area contributed by atoms with E-state index >= 15 is 0 Å². The van der Waals surface area contributed by atoms with Gasteiger partial charge in [-0.2, -0.15) is 0 Å². The number of aromatic nitrogens is 1. The number of rotatable bonds is 5. The predicted molar refractivity (Wildman–Crippen MR) is 127 cm³/mol. The normalized spacial score (nSPS) is 18.4. The van der Waals surface area contributed by atoms with E-state index in [1.807, 2.05) is 0 Å². The Morgan fingerprint density at radius 3 is 2.30 bits per heavy atom. The van der Waals surface area contributed by atoms with Crippen molar-refractivity contribution in [1.29, 1.82) is 0 Å². The van der Waals surface area contributed by atoms with Crippen LogP contribution in [0, 0.1) is 0 Å². The molecule has 1 atom stereocenters. The van der Waals surface area contributed by atoms with Gasteiger partial charge < -0.3 is 15.6 Å². The van der Waals surface area contributed by atoms with Crippen molar-refractivity contribution in [3.8, 4) is 0 Å². The van der Waals surface area contributed by atoms with Crippen LogP contribution in [0.3, 0.4) is 0 Å². The van der Waals surface area contributed by atoms with E-state index in [0.29, 0.717) is 28.5 Å². The van der Waals surface area contributed by atoms with Gasteiger partial charge >= 0.3 is 0 Å². The number of fused-ring (bicyclic) bond motifs is 1. The molecule has 0 aliphatic carbocycles. The molecule has 0 fully saturated rings. The number of nitrogens with two attached hydrogens (primary N) is 2. The van der Waals surface area contributed by atoms with Crippen LogP contribution in [-0.2, 0) is 25.6 Å². The molecule has 0 radical (unpaired) electrons. The minimum atomic E-state index is -3.86. The molecule has 1 unspecified atom stereocenters. The van der Waals surface area contributed by atoms with Crippen LogP contribution in [-0.4, -0.2) is 32.9 Å². The number of aliphatic imine (C=N–C) groups is 1. The Morgan fingerprint density at radius 2 is 1.67 bits per heavy atom. The van der Waals surface area contributed by atoms with Crippen molar-refractivity contribution >= 4 is 37.1 Å². The van der Waals surface area contributed by atoms with Crippen molar-refractivity contribution in [1.82, 2.24) is 4.98 Å². The summed E-state index contributed by atoms with van der Waals surface area (Å²) in [4.78, 5) is 7.78. The largest absolute Gasteiger partial charge is 0.357 e. The molecule has 0 amide bonds. The van der Waals surface area contributed by atoms with Gasteiger partial charge in [0.05, 0.1) is 26.4 Å². The Labute approximate surface area is 192 Å². The van der Waals surface area contributed by atoms with Gasteiger partial charge in [0.2, 0.25) is 15.8 Å². The van der Waals surface area contributed by atoms with Crippen molar-refractivity contribution in [3.05, 3.63) is 72.1 Å². The molecule has 0 spiro atoms. The van der Waals surface area contributed by atoms with E-state index in [1.54, 1.807) is 44.3 Å². The molecule has 2 aromatic carbocycles. The number of aromatic amines is 1. The Hall–Kier alpha value is -3.19. The van der Waals surface area contributed by atoms with Crippen molar-refractivity contribution in [2.75, 3.05) is 10.6 Å². The minimum absolute atomic E-state index is 0.0526. The number of amidine groups is 1. The Balaban J connectivity index is 1.79. The number of hydrogen-bond acceptors (Lipinski definition) is 8. The maximum atomic E-state index is 12.9. The van der Waals surface area contributed by atoms with Crippen molar-refractivity contribution < 1.29 is 16.8 Å². The van der Waals surface area contributed by atoms with Gasteiger partial charge in [0.25, 0.3) is 0 Å². The van der Waals surface area contributed by atoms with Crippen molar-refractivity contribution in [2.45, 2.75) is 34.7 Å². The van der Waals surface area contributed by atoms with E-state index in [4.69, 9.17) is 10.9 Å². The molecule has 2 heterocycles. The van der Waals surface area contributed by atoms with Crippen LogP contribution >= 0.6 is 0 Å². The van der Waals surface area contributed by atoms with Gasteiger partial charge in [0.1, 0.15) is 5.69 Å². The number of anilines is 2. The number of hydrogen-bond donors (Lipinski definition) is 5. The first-order valence-electron chi connectivity index (χ1n) is 10.00. The van der Waals surface area contributed by atoms with Crippen LogP contribution < -0.4 is 21.5 Å². The lowest BCUT2D eigenvalue weighted by molar-refractivity contribution is 0.537. The number of nitrogens with zero attached hydrogens (tertiary/aromatic N) is 1. The predicted octanol–water partition coefficient (Wildman–Crippen LogP) is 1.90. The lowest BCUT2D eigenvalue weighted by Crippen LogP contribution is -2.47. The number of primary sulfonamides is 1. The van der Waals surface area contributed by atoms with Crippen LogP contribution in [0.5, 0.6) is 0 Å². The monoisotopic (exact) mass is 488 g/mol. The summed E-state index contributed by atoms with van der Waals surface area (Å²) < 4.78 is 48.9. The molecule has 0 saturated heterocycles. The van der Waals surface area contributed by atoms with Gasteiger partial charge in [0, 0.05) is 11.8 Å². The molecule has 1 aliphatic rings. The molecule has 10 nitrogen and oxygen atoms in total. The summed E-state index contributed by atoms with van der Waals surface area (Å²) in [5.41, 5.74) is 8.64. The first-order valence-corrected chi connectivity index (χ1v) is 13.1. The lowest BCUT2D eigenvalue weighted by Gasteiger charge is -2.33. The third-order valence-corrected chi connectivity index (χ3v) is 8.43. The molecule has 7 N–H and O–H groups in total. The molecule has 33 heavy (non-hydrogen) atoms. The number of benzene rings is 2. The molecule has 3 aromatic rings. The topological polar surface area (TPSA) is 173 Å². The molecule has 174 valence electrons. The Bertz CT molecular complexity index is 1440. The molecular weight excluding hydrogens is 464 g/mol. The highest BCUT2D eigenvalue weighted by atomic mass is 32.2. The average molecular weight is 489 g/mol. The van der Waals surface area contributed by atoms with Gasteiger partial charge in [0.15, 0.2) is 15.7 Å². The van der Waals surface area contributed by atoms with Crippen LogP contribution in [0.2, 0.25) is 0 Å². The van der Waals surface area contributed by atoms with Gasteiger partial charge in [-0.3, -0.25) is 5.73 Å². The number of sulfonamides is 1. The van der Waals surface area contributed by atoms with E-state index in [9.17, 15) is 16.8 Å². The van der Waals surface area contributed by atoms with Crippen molar-refractivity contribution in [2.24, 2.45) is 15.9 Å². The highest BCUT2D eigenvalue weighted by Gasteiger charge is 2.34. The Kier molecular flexibility index (Phi) is 5.56. The van der Waals surface area contributed by atoms with Gasteiger partial charge in [-0.05, 0) is 44.2 Å². The summed E-state index contributed by atoms with van der Waals surface area (Å²) >= 11 is 0. The van der Waals surface area contributed by atoms with E-state index in [0.717, 1.165) is 0 Å². The van der Waals surface area contributed by atoms with Gasteiger partial charge in [-0.1, -0.05) is 24.3 Å². The lowest BCUT2D eigenvalue weighted by atomic mass is 10.1. The third kappa shape index (κ3) is 4.25. The van der Waals surface area contributed by atoms with Crippen LogP contribution in [0.4, 0.5) is 11.4 Å². The fourth-order valence-corrected chi connectivity index (χ4v) is 5.18. The second-order valence-electron chi connectivity index (χ2n) is 7.90. The zero-order valence-corrected chi connectivity index (χ0v) is 19.5. The van der Waals surface area contributed by atoms with E-state index in [1.165, 1.54) is 30.3 Å². The fourth-order valence-electron chi connectivity index (χ4n) is 3.46. The van der Waals surface area contributed by atoms with E-state index in [-0.39, 0.29) is 9.79 Å². The second-order valence-corrected chi connectivity index (χ2v) is 11.9. The summed E-state index contributed by atoms with van der Waals surface area (Å²) in [6.07, 6.45) is 1.70. The number of nitrogens with one attached hydrogen (secondary N) is 3. The molecule has 1 aliphatic heterocycles. The zero-order valence-electron chi connectivity index (χ0n) is 17.9. The molecule has 12 heteroatoms. The molecule has 1 aromatic heterocycles. The molecule has 4 rings (SSSR count). The fraction of sp³-hybridized carbons (Fsp3) is 0.190. The van der Waals surface area contributed by atoms with Crippen LogP contribution in [0.15, 0.2) is 75.6 Å². The van der Waals surface area contributed by atoms with E-state index in [2.05, 4.69) is 20.6 Å². The maximum absolute atomic E-state index is 12.9. The van der Waals surface area contributed by atoms with E-state index < -0.39 is 30.9 Å². The average Bonchev–Trinajstić information content (AvgIpc) is 3.22. The molecule has 0 saturated carbocycles. The standard InChI is InChI=1S/C21H24N6O4S2/c1-13(2)32(28,29)18-6-4-3-5-16(18)25-20-19-17(11-12-24-19)26-21(22,27-20)14-7-9-15(10-8-14)33(23,30)31/h3-13,24,26H,22H2,1-2H3,(H,25,27)(H2,23,30,31). The first-order chi connectivity index (χ1) is 15.4. The highest BCUT2D eigenvalue weighted by molar-refractivity contribution is 7.92. The summed E-state index contributed by atoms with van der Waals surface area (Å²) in [5, 5.41) is 10.8. The third-order valence-electron chi connectivity index (χ3n) is 5.29. The second kappa shape index (κ2) is 7.99. The first kappa shape index (κ1) is 23.0. The maximum Gasteiger partial charge on any atom is 0.238 e. The summed E-state index contributed by atoms with van der Waals surface area (Å²) in [7, 11) is -7.42. The zero-order chi connectivity index (χ0) is 24.0. The number of sulfone groups is 1. The van der Waals surface area contributed by atoms with Crippen LogP contribution in [0.1, 0.15) is 25.1 Å². The number of para-hydroxylation sites is 1. The number of H-pyrrole nitrogens is 1. The van der Waals surface area contributed by atoms with Crippen LogP contribution in [0.25, 0.3) is 0 Å². The SMILES string of the molecule is CC(C)S(=O)(=O)c1ccccc1NC1=NC(N)(c2ccc(S(N)(=O)=O)cc2)Nc2cc[nH]c21. The van der Waals surface area contributed by atoms with Crippen molar-refractivity contribution in [3.63, 3.8) is 0 Å². The summed E-state index contributed by atoms with van der Waals surface area (Å²) in [5.74, 6) is -1.14. The quantitative estimate of drug-likeness (QED) is 0.365. The molecule has 0 bridgehead atoms. The smallest absolute Gasteiger partial charge is 0.238 e. The summed E-state index contributed by atoms with van der Waals surface area (Å²) in [6, 6.07) is 14.1. The highest BCUT2D eigenvalue weighted by Crippen LogP contribution is 2.33. The Morgan fingerprint density at radius 1 is 1.00 bits per heavy atom. The minimum Gasteiger partial charge on any atom is -0.357 e. The van der Waals surface area contributed by atoms with Gasteiger partial charge in [-0.15, -0.1) is 0 Å².